The molecule has 0 fully saturated rings. The van der Waals surface area contributed by atoms with Gasteiger partial charge in [-0.2, -0.15) is 5.10 Å². The van der Waals surface area contributed by atoms with Crippen LogP contribution >= 0.6 is 0 Å². The number of hydrogen-bond donors (Lipinski definition) is 2. The van der Waals surface area contributed by atoms with Crippen molar-refractivity contribution < 1.29 is 9.21 Å². The van der Waals surface area contributed by atoms with Gasteiger partial charge in [-0.1, -0.05) is 6.92 Å². The Hall–Kier alpha value is -2.28. The van der Waals surface area contributed by atoms with Crippen LogP contribution in [0.5, 0.6) is 0 Å². The van der Waals surface area contributed by atoms with Gasteiger partial charge in [-0.3, -0.25) is 9.58 Å². The maximum Gasteiger partial charge on any atom is 0.314 e. The van der Waals surface area contributed by atoms with Crippen LogP contribution in [0.1, 0.15) is 30.1 Å². The minimum Gasteiger partial charge on any atom is -0.468 e. The second-order valence-electron chi connectivity index (χ2n) is 6.80. The number of aryl methyl sites for hydroxylation is 2. The molecule has 0 saturated heterocycles. The van der Waals surface area contributed by atoms with Gasteiger partial charge < -0.3 is 15.1 Å². The Labute approximate surface area is 149 Å². The summed E-state index contributed by atoms with van der Waals surface area (Å²) in [7, 11) is 3.92. The predicted molar refractivity (Wildman–Crippen MR) is 97.4 cm³/mol. The van der Waals surface area contributed by atoms with Crippen molar-refractivity contribution in [1.82, 2.24) is 25.3 Å². The summed E-state index contributed by atoms with van der Waals surface area (Å²) in [6.07, 6.45) is 1.65. The Bertz CT molecular complexity index is 663. The number of urea groups is 1. The molecule has 0 radical (unpaired) electrons. The van der Waals surface area contributed by atoms with Gasteiger partial charge in [0, 0.05) is 25.3 Å². The smallest absolute Gasteiger partial charge is 0.314 e. The Morgan fingerprint density at radius 1 is 1.32 bits per heavy atom. The van der Waals surface area contributed by atoms with E-state index in [0.717, 1.165) is 23.7 Å². The first kappa shape index (κ1) is 19.1. The second-order valence-corrected chi connectivity index (χ2v) is 6.80. The summed E-state index contributed by atoms with van der Waals surface area (Å²) in [5, 5.41) is 10.3. The van der Waals surface area contributed by atoms with Gasteiger partial charge in [0.15, 0.2) is 0 Å². The Balaban J connectivity index is 1.75. The van der Waals surface area contributed by atoms with Gasteiger partial charge in [-0.15, -0.1) is 0 Å². The molecule has 2 aromatic rings. The second kappa shape index (κ2) is 8.71. The van der Waals surface area contributed by atoms with E-state index in [9.17, 15) is 4.79 Å². The Morgan fingerprint density at radius 3 is 2.60 bits per heavy atom. The molecule has 138 valence electrons. The lowest BCUT2D eigenvalue weighted by atomic mass is 10.2. The zero-order valence-electron chi connectivity index (χ0n) is 15.7. The van der Waals surface area contributed by atoms with Crippen molar-refractivity contribution in [2.45, 2.75) is 33.4 Å². The number of nitrogens with zero attached hydrogens (tertiary/aromatic N) is 3. The van der Waals surface area contributed by atoms with Gasteiger partial charge in [0.1, 0.15) is 5.76 Å². The summed E-state index contributed by atoms with van der Waals surface area (Å²) in [6.45, 7) is 7.99. The van der Waals surface area contributed by atoms with Crippen LogP contribution in [0.2, 0.25) is 0 Å². The molecule has 7 nitrogen and oxygen atoms in total. The quantitative estimate of drug-likeness (QED) is 0.768. The van der Waals surface area contributed by atoms with Gasteiger partial charge in [0.05, 0.1) is 18.0 Å². The average molecular weight is 347 g/mol. The third-order valence-electron chi connectivity index (χ3n) is 4.15. The van der Waals surface area contributed by atoms with Crippen molar-refractivity contribution in [3.05, 3.63) is 41.6 Å². The van der Waals surface area contributed by atoms with Crippen LogP contribution in [0.15, 0.2) is 28.9 Å². The van der Waals surface area contributed by atoms with Crippen molar-refractivity contribution in [2.24, 2.45) is 5.92 Å². The number of carbonyl (C=O) groups excluding carboxylic acids is 1. The molecule has 2 heterocycles. The number of rotatable bonds is 8. The Kier molecular flexibility index (Phi) is 6.64. The molecule has 2 atom stereocenters. The van der Waals surface area contributed by atoms with Crippen LogP contribution in [-0.4, -0.2) is 47.9 Å². The molecule has 0 saturated carbocycles. The number of likely N-dealkylation sites (N-methyl/N-ethyl adjacent to an activating group) is 1. The topological polar surface area (TPSA) is 75.3 Å². The van der Waals surface area contributed by atoms with Crippen LogP contribution < -0.4 is 10.6 Å². The summed E-state index contributed by atoms with van der Waals surface area (Å²) >= 11 is 0. The van der Waals surface area contributed by atoms with E-state index in [0.29, 0.717) is 19.0 Å². The first-order chi connectivity index (χ1) is 11.9. The molecule has 0 aliphatic rings. The average Bonchev–Trinajstić information content (AvgIpc) is 3.15. The molecule has 7 heteroatoms. The van der Waals surface area contributed by atoms with Crippen molar-refractivity contribution >= 4 is 6.03 Å². The zero-order chi connectivity index (χ0) is 18.4. The predicted octanol–water partition coefficient (Wildman–Crippen LogP) is 2.33. The zero-order valence-corrected chi connectivity index (χ0v) is 15.7. The van der Waals surface area contributed by atoms with Crippen LogP contribution in [0.3, 0.4) is 0 Å². The summed E-state index contributed by atoms with van der Waals surface area (Å²) in [5.74, 6) is 1.13. The standard InChI is InChI=1S/C18H29N5O2/c1-13(12-23-15(3)9-14(2)21-23)10-19-18(24)20-11-16(22(4)5)17-7-6-8-25-17/h6-9,13,16H,10-12H2,1-5H3,(H2,19,20,24)/t13-,16+/m1/s1. The molecule has 2 rings (SSSR count). The minimum absolute atomic E-state index is 0.00729. The van der Waals surface area contributed by atoms with E-state index >= 15 is 0 Å². The third-order valence-corrected chi connectivity index (χ3v) is 4.15. The highest BCUT2D eigenvalue weighted by Gasteiger charge is 2.18. The van der Waals surface area contributed by atoms with E-state index in [4.69, 9.17) is 4.42 Å². The van der Waals surface area contributed by atoms with Gasteiger partial charge in [0.25, 0.3) is 0 Å². The lowest BCUT2D eigenvalue weighted by molar-refractivity contribution is 0.223. The number of hydrogen-bond acceptors (Lipinski definition) is 4. The molecule has 0 aliphatic carbocycles. The van der Waals surface area contributed by atoms with E-state index in [1.807, 2.05) is 49.7 Å². The monoisotopic (exact) mass is 347 g/mol. The first-order valence-electron chi connectivity index (χ1n) is 8.59. The third kappa shape index (κ3) is 5.63. The molecule has 2 amide bonds. The maximum atomic E-state index is 12.1. The summed E-state index contributed by atoms with van der Waals surface area (Å²) in [6, 6.07) is 5.67. The van der Waals surface area contributed by atoms with E-state index < -0.39 is 0 Å². The number of nitrogens with one attached hydrogen (secondary N) is 2. The molecular formula is C18H29N5O2. The lowest BCUT2D eigenvalue weighted by Crippen LogP contribution is -2.42. The van der Waals surface area contributed by atoms with Crippen molar-refractivity contribution in [1.29, 1.82) is 0 Å². The first-order valence-corrected chi connectivity index (χ1v) is 8.59. The highest BCUT2D eigenvalue weighted by Crippen LogP contribution is 2.17. The Morgan fingerprint density at radius 2 is 2.04 bits per heavy atom. The van der Waals surface area contributed by atoms with Crippen molar-refractivity contribution in [2.75, 3.05) is 27.2 Å². The fourth-order valence-electron chi connectivity index (χ4n) is 2.76. The van der Waals surface area contributed by atoms with E-state index in [1.54, 1.807) is 6.26 Å². The molecule has 2 N–H and O–H groups in total. The number of amides is 2. The van der Waals surface area contributed by atoms with Gasteiger partial charge in [-0.25, -0.2) is 4.79 Å². The van der Waals surface area contributed by atoms with Crippen LogP contribution in [0, 0.1) is 19.8 Å². The lowest BCUT2D eigenvalue weighted by Gasteiger charge is -2.23. The molecule has 0 unspecified atom stereocenters. The SMILES string of the molecule is Cc1cc(C)n(C[C@H](C)CNC(=O)NC[C@@H](c2ccco2)N(C)C)n1. The van der Waals surface area contributed by atoms with Gasteiger partial charge in [-0.05, 0) is 52.1 Å². The summed E-state index contributed by atoms with van der Waals surface area (Å²) in [4.78, 5) is 14.1. The summed E-state index contributed by atoms with van der Waals surface area (Å²) in [5.41, 5.74) is 2.16. The molecule has 0 bridgehead atoms. The van der Waals surface area contributed by atoms with Crippen LogP contribution in [0.4, 0.5) is 4.79 Å². The molecule has 0 aliphatic heterocycles. The highest BCUT2D eigenvalue weighted by atomic mass is 16.3. The molecule has 0 aromatic carbocycles. The molecule has 25 heavy (non-hydrogen) atoms. The van der Waals surface area contributed by atoms with E-state index in [-0.39, 0.29) is 12.1 Å². The largest absolute Gasteiger partial charge is 0.468 e. The van der Waals surface area contributed by atoms with Gasteiger partial charge >= 0.3 is 6.03 Å². The maximum absolute atomic E-state index is 12.1. The number of aromatic nitrogens is 2. The minimum atomic E-state index is -0.168. The van der Waals surface area contributed by atoms with Crippen LogP contribution in [-0.2, 0) is 6.54 Å². The fraction of sp³-hybridized carbons (Fsp3) is 0.556. The van der Waals surface area contributed by atoms with Crippen molar-refractivity contribution in [3.8, 4) is 0 Å². The molecular weight excluding hydrogens is 318 g/mol. The molecule has 0 spiro atoms. The van der Waals surface area contributed by atoms with Gasteiger partial charge in [0.2, 0.25) is 0 Å². The van der Waals surface area contributed by atoms with E-state index in [2.05, 4.69) is 28.7 Å². The van der Waals surface area contributed by atoms with E-state index in [1.165, 1.54) is 0 Å². The number of furan rings is 1. The highest BCUT2D eigenvalue weighted by molar-refractivity contribution is 5.73. The number of carbonyl (C=O) groups is 1. The fourth-order valence-corrected chi connectivity index (χ4v) is 2.76. The van der Waals surface area contributed by atoms with Crippen LogP contribution in [0.25, 0.3) is 0 Å². The molecule has 2 aromatic heterocycles. The normalized spacial score (nSPS) is 13.7. The van der Waals surface area contributed by atoms with Crippen molar-refractivity contribution in [3.63, 3.8) is 0 Å². The summed E-state index contributed by atoms with van der Waals surface area (Å²) < 4.78 is 7.43.